The van der Waals surface area contributed by atoms with Crippen LogP contribution in [0.25, 0.3) is 6.08 Å². The van der Waals surface area contributed by atoms with Crippen molar-refractivity contribution >= 4 is 63.4 Å². The van der Waals surface area contributed by atoms with Crippen molar-refractivity contribution < 1.29 is 14.4 Å². The summed E-state index contributed by atoms with van der Waals surface area (Å²) in [6.07, 6.45) is 4.65. The first kappa shape index (κ1) is 18.2. The Kier molecular flexibility index (Phi) is 5.76. The largest absolute Gasteiger partial charge is 0.283 e. The van der Waals surface area contributed by atoms with Crippen molar-refractivity contribution in [1.29, 1.82) is 0 Å². The maximum atomic E-state index is 12.4. The molecule has 2 N–H and O–H groups in total. The highest BCUT2D eigenvalue weighted by Crippen LogP contribution is 2.32. The van der Waals surface area contributed by atoms with E-state index in [9.17, 15) is 14.4 Å². The summed E-state index contributed by atoms with van der Waals surface area (Å²) in [4.78, 5) is 42.7. The van der Waals surface area contributed by atoms with Crippen LogP contribution in [0.15, 0.2) is 46.9 Å². The van der Waals surface area contributed by atoms with Crippen LogP contribution in [0.3, 0.4) is 0 Å². The van der Waals surface area contributed by atoms with Gasteiger partial charge in [0.2, 0.25) is 0 Å². The van der Waals surface area contributed by atoms with Crippen molar-refractivity contribution in [2.45, 2.75) is 0 Å². The molecule has 10 heteroatoms. The van der Waals surface area contributed by atoms with Gasteiger partial charge in [-0.2, -0.15) is 0 Å². The molecule has 26 heavy (non-hydrogen) atoms. The van der Waals surface area contributed by atoms with Gasteiger partial charge in [-0.05, 0) is 29.7 Å². The third-order valence-corrected chi connectivity index (χ3v) is 5.43. The van der Waals surface area contributed by atoms with E-state index in [0.717, 1.165) is 16.6 Å². The Hall–Kier alpha value is -2.56. The maximum Gasteiger partial charge on any atom is 0.271 e. The summed E-state index contributed by atoms with van der Waals surface area (Å²) in [5.74, 6) is -1.40. The summed E-state index contributed by atoms with van der Waals surface area (Å²) in [6.45, 7) is -0.278. The zero-order chi connectivity index (χ0) is 18.5. The molecule has 1 saturated heterocycles. The van der Waals surface area contributed by atoms with Gasteiger partial charge >= 0.3 is 0 Å². The van der Waals surface area contributed by atoms with Gasteiger partial charge in [-0.1, -0.05) is 30.0 Å². The van der Waals surface area contributed by atoms with E-state index in [1.807, 2.05) is 17.5 Å². The number of carbonyl (C=O) groups excluding carboxylic acids is 3. The number of hydrogen-bond donors (Lipinski definition) is 2. The molecular weight excluding hydrogens is 392 g/mol. The van der Waals surface area contributed by atoms with Crippen LogP contribution in [0.5, 0.6) is 0 Å². The van der Waals surface area contributed by atoms with E-state index in [-0.39, 0.29) is 12.5 Å². The number of nitrogens with zero attached hydrogens (tertiary/aromatic N) is 2. The lowest BCUT2D eigenvalue weighted by atomic mass is 10.3. The van der Waals surface area contributed by atoms with Gasteiger partial charge < -0.3 is 0 Å². The van der Waals surface area contributed by atoms with Crippen molar-refractivity contribution in [3.63, 3.8) is 0 Å². The van der Waals surface area contributed by atoms with Crippen LogP contribution in [0.4, 0.5) is 0 Å². The quantitative estimate of drug-likeness (QED) is 0.459. The number of carbonyl (C=O) groups is 3. The Labute approximate surface area is 162 Å². The molecule has 7 nitrogen and oxygen atoms in total. The highest BCUT2D eigenvalue weighted by Gasteiger charge is 2.33. The highest BCUT2D eigenvalue weighted by atomic mass is 32.2. The SMILES string of the molecule is O=C(CN1C(=O)/C(=C\c2cccs2)SC1=S)NNC(=O)c1cccnc1. The van der Waals surface area contributed by atoms with E-state index in [1.165, 1.54) is 28.6 Å². The minimum atomic E-state index is -0.559. The molecular formula is C16H12N4O3S3. The van der Waals surface area contributed by atoms with Gasteiger partial charge in [0.15, 0.2) is 0 Å². The van der Waals surface area contributed by atoms with Gasteiger partial charge in [-0.3, -0.25) is 35.1 Å². The average Bonchev–Trinajstić information content (AvgIpc) is 3.25. The van der Waals surface area contributed by atoms with Crippen LogP contribution < -0.4 is 10.9 Å². The molecule has 2 aromatic heterocycles. The minimum Gasteiger partial charge on any atom is -0.283 e. The van der Waals surface area contributed by atoms with Crippen molar-refractivity contribution in [3.05, 3.63) is 57.4 Å². The summed E-state index contributed by atoms with van der Waals surface area (Å²) in [5, 5.41) is 1.91. The smallest absolute Gasteiger partial charge is 0.271 e. The van der Waals surface area contributed by atoms with Gasteiger partial charge in [0.25, 0.3) is 17.7 Å². The number of aromatic nitrogens is 1. The summed E-state index contributed by atoms with van der Waals surface area (Å²) in [6, 6.07) is 6.94. The van der Waals surface area contributed by atoms with Crippen LogP contribution in [-0.4, -0.2) is 38.5 Å². The Balaban J connectivity index is 1.56. The first-order valence-corrected chi connectivity index (χ1v) is 9.43. The first-order chi connectivity index (χ1) is 12.5. The molecule has 0 radical (unpaired) electrons. The fraction of sp³-hybridized carbons (Fsp3) is 0.0625. The van der Waals surface area contributed by atoms with Crippen LogP contribution >= 0.6 is 35.3 Å². The molecule has 1 aliphatic heterocycles. The fourth-order valence-electron chi connectivity index (χ4n) is 2.02. The van der Waals surface area contributed by atoms with Crippen molar-refractivity contribution in [2.24, 2.45) is 0 Å². The van der Waals surface area contributed by atoms with E-state index in [4.69, 9.17) is 12.2 Å². The Morgan fingerprint density at radius 1 is 1.27 bits per heavy atom. The van der Waals surface area contributed by atoms with E-state index < -0.39 is 11.8 Å². The molecule has 0 spiro atoms. The van der Waals surface area contributed by atoms with E-state index in [2.05, 4.69) is 15.8 Å². The number of nitrogens with one attached hydrogen (secondary N) is 2. The maximum absolute atomic E-state index is 12.4. The molecule has 1 aliphatic rings. The van der Waals surface area contributed by atoms with Gasteiger partial charge in [-0.15, -0.1) is 11.3 Å². The number of amides is 3. The Morgan fingerprint density at radius 3 is 2.81 bits per heavy atom. The minimum absolute atomic E-state index is 0.278. The summed E-state index contributed by atoms with van der Waals surface area (Å²) in [5.41, 5.74) is 4.84. The van der Waals surface area contributed by atoms with E-state index in [0.29, 0.717) is 14.8 Å². The lowest BCUT2D eigenvalue weighted by Crippen LogP contribution is -2.47. The molecule has 0 atom stereocenters. The molecule has 132 valence electrons. The topological polar surface area (TPSA) is 91.4 Å². The lowest BCUT2D eigenvalue weighted by Gasteiger charge is -2.14. The van der Waals surface area contributed by atoms with Gasteiger partial charge in [0.1, 0.15) is 10.9 Å². The molecule has 3 heterocycles. The Morgan fingerprint density at radius 2 is 2.12 bits per heavy atom. The zero-order valence-electron chi connectivity index (χ0n) is 13.2. The van der Waals surface area contributed by atoms with Gasteiger partial charge in [0, 0.05) is 17.3 Å². The molecule has 2 aromatic rings. The molecule has 0 unspecified atom stereocenters. The number of thiophene rings is 1. The van der Waals surface area contributed by atoms with E-state index in [1.54, 1.807) is 18.2 Å². The van der Waals surface area contributed by atoms with Gasteiger partial charge in [0.05, 0.1) is 10.5 Å². The van der Waals surface area contributed by atoms with Crippen molar-refractivity contribution in [3.8, 4) is 0 Å². The number of thioether (sulfide) groups is 1. The molecule has 0 saturated carbocycles. The number of pyridine rings is 1. The van der Waals surface area contributed by atoms with Gasteiger partial charge in [-0.25, -0.2) is 0 Å². The number of thiocarbonyl (C=S) groups is 1. The average molecular weight is 404 g/mol. The molecule has 3 amide bonds. The lowest BCUT2D eigenvalue weighted by molar-refractivity contribution is -0.129. The molecule has 0 aliphatic carbocycles. The number of rotatable bonds is 4. The second kappa shape index (κ2) is 8.21. The van der Waals surface area contributed by atoms with Crippen LogP contribution in [0, 0.1) is 0 Å². The predicted molar refractivity (Wildman–Crippen MR) is 104 cm³/mol. The van der Waals surface area contributed by atoms with Crippen LogP contribution in [0.2, 0.25) is 0 Å². The standard InChI is InChI=1S/C16H12N4O3S3/c21-13(18-19-14(22)10-3-1-5-17-8-10)9-20-15(23)12(26-16(20)24)7-11-4-2-6-25-11/h1-8H,9H2,(H,18,21)(H,19,22)/b12-7+. The van der Waals surface area contributed by atoms with Crippen molar-refractivity contribution in [2.75, 3.05) is 6.54 Å². The van der Waals surface area contributed by atoms with Crippen LogP contribution in [0.1, 0.15) is 15.2 Å². The van der Waals surface area contributed by atoms with Crippen LogP contribution in [-0.2, 0) is 9.59 Å². The highest BCUT2D eigenvalue weighted by molar-refractivity contribution is 8.26. The molecule has 3 rings (SSSR count). The second-order valence-electron chi connectivity index (χ2n) is 5.03. The summed E-state index contributed by atoms with van der Waals surface area (Å²) < 4.78 is 0.298. The van der Waals surface area contributed by atoms with E-state index >= 15 is 0 Å². The predicted octanol–water partition coefficient (Wildman–Crippen LogP) is 1.81. The Bertz CT molecular complexity index is 881. The summed E-state index contributed by atoms with van der Waals surface area (Å²) in [7, 11) is 0. The third-order valence-electron chi connectivity index (χ3n) is 3.23. The molecule has 0 aromatic carbocycles. The van der Waals surface area contributed by atoms with Crippen molar-refractivity contribution in [1.82, 2.24) is 20.7 Å². The number of hydrogen-bond acceptors (Lipinski definition) is 7. The normalized spacial score (nSPS) is 15.4. The molecule has 1 fully saturated rings. The fourth-order valence-corrected chi connectivity index (χ4v) is 4.00. The number of hydrazine groups is 1. The molecule has 0 bridgehead atoms. The third kappa shape index (κ3) is 4.34. The first-order valence-electron chi connectivity index (χ1n) is 7.32. The zero-order valence-corrected chi connectivity index (χ0v) is 15.6. The second-order valence-corrected chi connectivity index (χ2v) is 7.68. The monoisotopic (exact) mass is 404 g/mol. The summed E-state index contributed by atoms with van der Waals surface area (Å²) >= 11 is 7.82.